The van der Waals surface area contributed by atoms with Gasteiger partial charge in [-0.15, -0.1) is 0 Å². The van der Waals surface area contributed by atoms with Crippen LogP contribution in [0, 0.1) is 11.2 Å². The van der Waals surface area contributed by atoms with E-state index in [-0.39, 0.29) is 0 Å². The molecule has 1 rings (SSSR count). The van der Waals surface area contributed by atoms with Crippen molar-refractivity contribution in [2.75, 3.05) is 0 Å². The maximum absolute atomic E-state index is 14.1. The van der Waals surface area contributed by atoms with Gasteiger partial charge in [0.25, 0.3) is 0 Å². The summed E-state index contributed by atoms with van der Waals surface area (Å²) in [6.07, 6.45) is -1.17. The van der Waals surface area contributed by atoms with Gasteiger partial charge in [-0.2, -0.15) is 0 Å². The molecule has 1 aromatic rings. The van der Waals surface area contributed by atoms with Gasteiger partial charge in [0, 0.05) is 10.0 Å². The number of rotatable bonds is 2. The average molecular weight is 318 g/mol. The van der Waals surface area contributed by atoms with Crippen molar-refractivity contribution in [1.82, 2.24) is 5.32 Å². The van der Waals surface area contributed by atoms with Crippen LogP contribution in [0.25, 0.3) is 0 Å². The van der Waals surface area contributed by atoms with Crippen molar-refractivity contribution in [2.45, 2.75) is 33.2 Å². The minimum Gasteiger partial charge on any atom is -0.465 e. The minimum atomic E-state index is -1.17. The number of carbonyl (C=O) groups is 1. The van der Waals surface area contributed by atoms with Crippen molar-refractivity contribution in [3.8, 4) is 0 Å². The summed E-state index contributed by atoms with van der Waals surface area (Å²) in [7, 11) is 0. The molecule has 2 N–H and O–H groups in total. The number of nitrogens with one attached hydrogen (secondary N) is 1. The highest BCUT2D eigenvalue weighted by atomic mass is 79.9. The molecule has 3 nitrogen and oxygen atoms in total. The number of hydrogen-bond donors (Lipinski definition) is 2. The highest BCUT2D eigenvalue weighted by Crippen LogP contribution is 2.40. The van der Waals surface area contributed by atoms with E-state index >= 15 is 0 Å². The third kappa shape index (κ3) is 2.83. The average Bonchev–Trinajstić information content (AvgIpc) is 2.13. The van der Waals surface area contributed by atoms with E-state index in [9.17, 15) is 9.18 Å². The fourth-order valence-corrected chi connectivity index (χ4v) is 2.10. The minimum absolute atomic E-state index is 0.334. The van der Waals surface area contributed by atoms with Gasteiger partial charge in [0.1, 0.15) is 5.82 Å². The molecule has 0 saturated heterocycles. The molecule has 0 aromatic heterocycles. The Morgan fingerprint density at radius 2 is 1.89 bits per heavy atom. The molecule has 0 aliphatic carbocycles. The van der Waals surface area contributed by atoms with Crippen LogP contribution < -0.4 is 5.32 Å². The molecule has 0 aliphatic heterocycles. The molecule has 0 fully saturated rings. The molecular formula is C13H17BrFNO2. The Morgan fingerprint density at radius 1 is 1.33 bits per heavy atom. The van der Waals surface area contributed by atoms with Crippen LogP contribution in [0.2, 0.25) is 0 Å². The first-order valence-corrected chi connectivity index (χ1v) is 6.34. The molecule has 0 saturated carbocycles. The first-order valence-electron chi connectivity index (χ1n) is 5.54. The van der Waals surface area contributed by atoms with Crippen LogP contribution in [0.5, 0.6) is 0 Å². The maximum atomic E-state index is 14.1. The molecule has 0 bridgehead atoms. The van der Waals surface area contributed by atoms with Crippen LogP contribution in [0.3, 0.4) is 0 Å². The van der Waals surface area contributed by atoms with Crippen LogP contribution in [0.15, 0.2) is 22.7 Å². The number of benzene rings is 1. The second kappa shape index (κ2) is 4.88. The van der Waals surface area contributed by atoms with E-state index in [2.05, 4.69) is 21.2 Å². The predicted octanol–water partition coefficient (Wildman–Crippen LogP) is 4.12. The second-order valence-electron chi connectivity index (χ2n) is 5.43. The van der Waals surface area contributed by atoms with E-state index in [0.717, 1.165) is 0 Å². The van der Waals surface area contributed by atoms with Crippen molar-refractivity contribution < 1.29 is 14.3 Å². The van der Waals surface area contributed by atoms with Crippen molar-refractivity contribution in [2.24, 2.45) is 5.41 Å². The highest BCUT2D eigenvalue weighted by molar-refractivity contribution is 9.10. The number of hydrogen-bond acceptors (Lipinski definition) is 1. The monoisotopic (exact) mass is 317 g/mol. The van der Waals surface area contributed by atoms with E-state index in [1.165, 1.54) is 6.07 Å². The normalized spacial score (nSPS) is 15.0. The fourth-order valence-electron chi connectivity index (χ4n) is 1.77. The molecular weight excluding hydrogens is 301 g/mol. The van der Waals surface area contributed by atoms with Gasteiger partial charge in [-0.1, -0.05) is 42.8 Å². The van der Waals surface area contributed by atoms with E-state index < -0.39 is 22.9 Å². The molecule has 18 heavy (non-hydrogen) atoms. The van der Waals surface area contributed by atoms with Gasteiger partial charge in [-0.3, -0.25) is 0 Å². The van der Waals surface area contributed by atoms with Crippen LogP contribution in [0.1, 0.15) is 33.3 Å². The Balaban J connectivity index is 3.39. The standard InChI is InChI=1S/C13H17BrFNO2/c1-12(2,3)13(4,16-11(17)18)9-6-5-8(14)7-10(9)15/h5-7,16H,1-4H3,(H,17,18). The highest BCUT2D eigenvalue weighted by Gasteiger charge is 2.42. The summed E-state index contributed by atoms with van der Waals surface area (Å²) >= 11 is 3.19. The fraction of sp³-hybridized carbons (Fsp3) is 0.462. The Labute approximate surface area is 115 Å². The first-order chi connectivity index (χ1) is 8.08. The van der Waals surface area contributed by atoms with Crippen LogP contribution in [-0.2, 0) is 5.54 Å². The molecule has 0 spiro atoms. The molecule has 1 atom stereocenters. The summed E-state index contributed by atoms with van der Waals surface area (Å²) in [5.74, 6) is -0.435. The van der Waals surface area contributed by atoms with Crippen LogP contribution in [-0.4, -0.2) is 11.2 Å². The summed E-state index contributed by atoms with van der Waals surface area (Å²) in [5.41, 5.74) is -1.15. The lowest BCUT2D eigenvalue weighted by Crippen LogP contribution is -2.52. The van der Waals surface area contributed by atoms with Gasteiger partial charge in [0.15, 0.2) is 0 Å². The molecule has 1 aromatic carbocycles. The lowest BCUT2D eigenvalue weighted by atomic mass is 9.70. The Bertz CT molecular complexity index is 471. The van der Waals surface area contributed by atoms with Gasteiger partial charge < -0.3 is 10.4 Å². The quantitative estimate of drug-likeness (QED) is 0.862. The lowest BCUT2D eigenvalue weighted by molar-refractivity contribution is 0.128. The Morgan fingerprint density at radius 3 is 2.28 bits per heavy atom. The summed E-state index contributed by atoms with van der Waals surface area (Å²) in [6, 6.07) is 4.63. The molecule has 5 heteroatoms. The van der Waals surface area contributed by atoms with Gasteiger partial charge in [0.05, 0.1) is 5.54 Å². The van der Waals surface area contributed by atoms with E-state index in [1.807, 2.05) is 20.8 Å². The maximum Gasteiger partial charge on any atom is 0.405 e. The molecule has 100 valence electrons. The van der Waals surface area contributed by atoms with Crippen molar-refractivity contribution in [1.29, 1.82) is 0 Å². The topological polar surface area (TPSA) is 49.3 Å². The lowest BCUT2D eigenvalue weighted by Gasteiger charge is -2.42. The second-order valence-corrected chi connectivity index (χ2v) is 6.34. The Kier molecular flexibility index (Phi) is 4.05. The van der Waals surface area contributed by atoms with Gasteiger partial charge in [-0.25, -0.2) is 9.18 Å². The van der Waals surface area contributed by atoms with Crippen molar-refractivity contribution in [3.05, 3.63) is 34.1 Å². The molecule has 1 unspecified atom stereocenters. The van der Waals surface area contributed by atoms with Crippen LogP contribution >= 0.6 is 15.9 Å². The summed E-state index contributed by atoms with van der Waals surface area (Å²) in [5, 5.41) is 11.4. The van der Waals surface area contributed by atoms with Gasteiger partial charge >= 0.3 is 6.09 Å². The molecule has 0 aliphatic rings. The van der Waals surface area contributed by atoms with Crippen molar-refractivity contribution >= 4 is 22.0 Å². The SMILES string of the molecule is CC(C)(C)C(C)(NC(=O)O)c1ccc(Br)cc1F. The van der Waals surface area contributed by atoms with Gasteiger partial charge in [0.2, 0.25) is 0 Å². The molecule has 1 amide bonds. The molecule has 0 radical (unpaired) electrons. The number of amides is 1. The van der Waals surface area contributed by atoms with Crippen molar-refractivity contribution in [3.63, 3.8) is 0 Å². The zero-order chi connectivity index (χ0) is 14.1. The zero-order valence-electron chi connectivity index (χ0n) is 10.8. The van der Waals surface area contributed by atoms with E-state index in [1.54, 1.807) is 19.1 Å². The summed E-state index contributed by atoms with van der Waals surface area (Å²) < 4.78 is 14.7. The summed E-state index contributed by atoms with van der Waals surface area (Å²) in [6.45, 7) is 7.28. The van der Waals surface area contributed by atoms with Gasteiger partial charge in [-0.05, 0) is 24.5 Å². The molecule has 0 heterocycles. The van der Waals surface area contributed by atoms with E-state index in [0.29, 0.717) is 10.0 Å². The third-order valence-electron chi connectivity index (χ3n) is 3.33. The zero-order valence-corrected chi connectivity index (χ0v) is 12.4. The number of halogens is 2. The number of carboxylic acid groups (broad SMARTS) is 1. The van der Waals surface area contributed by atoms with E-state index in [4.69, 9.17) is 5.11 Å². The van der Waals surface area contributed by atoms with Crippen LogP contribution in [0.4, 0.5) is 9.18 Å². The largest absolute Gasteiger partial charge is 0.465 e. The Hall–Kier alpha value is -1.10. The first kappa shape index (κ1) is 15.0. The smallest absolute Gasteiger partial charge is 0.405 e. The third-order valence-corrected chi connectivity index (χ3v) is 3.82. The summed E-state index contributed by atoms with van der Waals surface area (Å²) in [4.78, 5) is 11.0. The predicted molar refractivity (Wildman–Crippen MR) is 72.1 cm³/mol.